The Bertz CT molecular complexity index is 1060. The molecule has 1 heterocycles. The lowest BCUT2D eigenvalue weighted by atomic mass is 9.86. The second-order valence-electron chi connectivity index (χ2n) is 7.14. The third-order valence-electron chi connectivity index (χ3n) is 5.29. The molecule has 0 fully saturated rings. The Morgan fingerprint density at radius 3 is 2.31 bits per heavy atom. The van der Waals surface area contributed by atoms with Crippen molar-refractivity contribution >= 4 is 27.5 Å². The molecule has 148 valence electrons. The highest BCUT2D eigenvalue weighted by atomic mass is 79.9. The normalized spacial score (nSPS) is 15.8. The van der Waals surface area contributed by atoms with Crippen molar-refractivity contribution in [1.82, 2.24) is 0 Å². The van der Waals surface area contributed by atoms with Gasteiger partial charge in [0.2, 0.25) is 5.91 Å². The highest BCUT2D eigenvalue weighted by Gasteiger charge is 2.36. The molecule has 0 unspecified atom stereocenters. The molecule has 0 saturated carbocycles. The fourth-order valence-corrected chi connectivity index (χ4v) is 4.30. The summed E-state index contributed by atoms with van der Waals surface area (Å²) in [6, 6.07) is 19.8. The summed E-state index contributed by atoms with van der Waals surface area (Å²) >= 11 is 3.57. The summed E-state index contributed by atoms with van der Waals surface area (Å²) in [6.45, 7) is 2.04. The van der Waals surface area contributed by atoms with E-state index in [9.17, 15) is 4.79 Å². The lowest BCUT2D eigenvalue weighted by Gasteiger charge is -2.38. The molecule has 5 heteroatoms. The first-order chi connectivity index (χ1) is 14.0. The summed E-state index contributed by atoms with van der Waals surface area (Å²) in [4.78, 5) is 15.2. The first-order valence-corrected chi connectivity index (χ1v) is 10.2. The first-order valence-electron chi connectivity index (χ1n) is 9.41. The van der Waals surface area contributed by atoms with Crippen molar-refractivity contribution in [3.8, 4) is 11.5 Å². The minimum Gasteiger partial charge on any atom is -0.493 e. The number of rotatable bonds is 4. The van der Waals surface area contributed by atoms with Crippen molar-refractivity contribution in [1.29, 1.82) is 0 Å². The van der Waals surface area contributed by atoms with Crippen LogP contribution in [-0.2, 0) is 11.2 Å². The molecule has 3 aromatic carbocycles. The second kappa shape index (κ2) is 7.91. The van der Waals surface area contributed by atoms with Gasteiger partial charge in [-0.3, -0.25) is 4.79 Å². The van der Waals surface area contributed by atoms with E-state index in [1.54, 1.807) is 14.2 Å². The summed E-state index contributed by atoms with van der Waals surface area (Å²) in [5, 5.41) is 0. The van der Waals surface area contributed by atoms with Gasteiger partial charge >= 0.3 is 0 Å². The molecule has 0 radical (unpaired) electrons. The van der Waals surface area contributed by atoms with Crippen molar-refractivity contribution in [3.63, 3.8) is 0 Å². The lowest BCUT2D eigenvalue weighted by molar-refractivity contribution is -0.118. The van der Waals surface area contributed by atoms with E-state index < -0.39 is 0 Å². The molecule has 0 bridgehead atoms. The second-order valence-corrected chi connectivity index (χ2v) is 8.06. The number of carbonyl (C=O) groups excluding carboxylic acids is 1. The van der Waals surface area contributed by atoms with Crippen molar-refractivity contribution in [3.05, 3.63) is 87.4 Å². The molecule has 0 aromatic heterocycles. The number of hydrogen-bond acceptors (Lipinski definition) is 3. The van der Waals surface area contributed by atoms with Gasteiger partial charge in [-0.2, -0.15) is 0 Å². The predicted molar refractivity (Wildman–Crippen MR) is 118 cm³/mol. The van der Waals surface area contributed by atoms with Gasteiger partial charge in [-0.15, -0.1) is 0 Å². The van der Waals surface area contributed by atoms with Gasteiger partial charge in [0, 0.05) is 10.2 Å². The Morgan fingerprint density at radius 2 is 1.66 bits per heavy atom. The van der Waals surface area contributed by atoms with Crippen molar-refractivity contribution in [2.75, 3.05) is 19.1 Å². The zero-order chi connectivity index (χ0) is 20.5. The van der Waals surface area contributed by atoms with E-state index in [-0.39, 0.29) is 11.9 Å². The Kier molecular flexibility index (Phi) is 5.33. The molecule has 1 aliphatic rings. The Balaban J connectivity index is 1.95. The first kappa shape index (κ1) is 19.5. The number of methoxy groups -OCH3 is 2. The number of nitrogens with zero attached hydrogens (tertiary/aromatic N) is 1. The van der Waals surface area contributed by atoms with E-state index in [0.29, 0.717) is 17.9 Å². The van der Waals surface area contributed by atoms with Crippen LogP contribution in [0.5, 0.6) is 11.5 Å². The third-order valence-corrected chi connectivity index (χ3v) is 5.78. The summed E-state index contributed by atoms with van der Waals surface area (Å²) in [6.07, 6.45) is 0.314. The minimum atomic E-state index is -0.258. The molecular weight excluding hydrogens is 430 g/mol. The van der Waals surface area contributed by atoms with E-state index in [4.69, 9.17) is 9.47 Å². The topological polar surface area (TPSA) is 38.8 Å². The summed E-state index contributed by atoms with van der Waals surface area (Å²) in [5.74, 6) is 1.35. The maximum Gasteiger partial charge on any atom is 0.232 e. The SMILES string of the molecule is COc1cc2c(cc1OC)[C@H](c1cccc(Br)c1)N(c1ccc(C)cc1)C(=O)C2. The van der Waals surface area contributed by atoms with Gasteiger partial charge in [0.15, 0.2) is 11.5 Å². The minimum absolute atomic E-state index is 0.0542. The number of fused-ring (bicyclic) bond motifs is 1. The van der Waals surface area contributed by atoms with Gasteiger partial charge in [0.1, 0.15) is 0 Å². The Labute approximate surface area is 179 Å². The number of halogens is 1. The number of amides is 1. The third kappa shape index (κ3) is 3.62. The van der Waals surface area contributed by atoms with Gasteiger partial charge in [0.25, 0.3) is 0 Å². The van der Waals surface area contributed by atoms with Crippen LogP contribution in [0.3, 0.4) is 0 Å². The van der Waals surface area contributed by atoms with Crippen LogP contribution in [0.1, 0.15) is 28.3 Å². The Morgan fingerprint density at radius 1 is 0.966 bits per heavy atom. The number of aryl methyl sites for hydroxylation is 1. The van der Waals surface area contributed by atoms with Crippen LogP contribution in [0, 0.1) is 6.92 Å². The zero-order valence-corrected chi connectivity index (χ0v) is 18.2. The summed E-state index contributed by atoms with van der Waals surface area (Å²) < 4.78 is 12.0. The number of benzene rings is 3. The van der Waals surface area contributed by atoms with E-state index in [0.717, 1.165) is 32.4 Å². The molecule has 29 heavy (non-hydrogen) atoms. The molecular formula is C24H22BrNO3. The quantitative estimate of drug-likeness (QED) is 0.528. The monoisotopic (exact) mass is 451 g/mol. The highest BCUT2D eigenvalue weighted by Crippen LogP contribution is 2.43. The largest absolute Gasteiger partial charge is 0.493 e. The van der Waals surface area contributed by atoms with Gasteiger partial charge in [-0.1, -0.05) is 45.8 Å². The average molecular weight is 452 g/mol. The Hall–Kier alpha value is -2.79. The lowest BCUT2D eigenvalue weighted by Crippen LogP contribution is -2.41. The fraction of sp³-hybridized carbons (Fsp3) is 0.208. The molecule has 0 spiro atoms. The molecule has 1 amide bonds. The van der Waals surface area contributed by atoms with Crippen LogP contribution in [0.2, 0.25) is 0 Å². The molecule has 1 aliphatic heterocycles. The summed E-state index contributed by atoms with van der Waals surface area (Å²) in [5.41, 5.74) is 5.07. The summed E-state index contributed by atoms with van der Waals surface area (Å²) in [7, 11) is 3.24. The van der Waals surface area contributed by atoms with E-state index in [1.807, 2.05) is 60.4 Å². The van der Waals surface area contributed by atoms with Gasteiger partial charge < -0.3 is 14.4 Å². The van der Waals surface area contributed by atoms with Gasteiger partial charge in [0.05, 0.1) is 26.7 Å². The van der Waals surface area contributed by atoms with Crippen LogP contribution >= 0.6 is 15.9 Å². The molecule has 4 nitrogen and oxygen atoms in total. The average Bonchev–Trinajstić information content (AvgIpc) is 2.72. The van der Waals surface area contributed by atoms with Crippen LogP contribution in [0.4, 0.5) is 5.69 Å². The van der Waals surface area contributed by atoms with Crippen molar-refractivity contribution < 1.29 is 14.3 Å². The van der Waals surface area contributed by atoms with E-state index >= 15 is 0 Å². The standard InChI is InChI=1S/C24H22BrNO3/c1-15-7-9-19(10-8-15)26-23(27)13-17-12-21(28-2)22(29-3)14-20(17)24(26)16-5-4-6-18(25)11-16/h4-12,14,24H,13H2,1-3H3/t24-/m0/s1. The predicted octanol–water partition coefficient (Wildman–Crippen LogP) is 5.45. The molecule has 0 aliphatic carbocycles. The maximum atomic E-state index is 13.3. The maximum absolute atomic E-state index is 13.3. The molecule has 0 N–H and O–H groups in total. The number of ether oxygens (including phenoxy) is 2. The number of carbonyl (C=O) groups is 1. The van der Waals surface area contributed by atoms with Crippen LogP contribution in [0.15, 0.2) is 65.1 Å². The van der Waals surface area contributed by atoms with E-state index in [1.165, 1.54) is 0 Å². The van der Waals surface area contributed by atoms with Crippen LogP contribution in [0.25, 0.3) is 0 Å². The molecule has 3 aromatic rings. The van der Waals surface area contributed by atoms with Gasteiger partial charge in [-0.25, -0.2) is 0 Å². The van der Waals surface area contributed by atoms with Crippen molar-refractivity contribution in [2.24, 2.45) is 0 Å². The van der Waals surface area contributed by atoms with Crippen LogP contribution in [-0.4, -0.2) is 20.1 Å². The number of anilines is 1. The van der Waals surface area contributed by atoms with E-state index in [2.05, 4.69) is 28.1 Å². The molecule has 4 rings (SSSR count). The van der Waals surface area contributed by atoms with Crippen molar-refractivity contribution in [2.45, 2.75) is 19.4 Å². The van der Waals surface area contributed by atoms with Crippen LogP contribution < -0.4 is 14.4 Å². The zero-order valence-electron chi connectivity index (χ0n) is 16.6. The highest BCUT2D eigenvalue weighted by molar-refractivity contribution is 9.10. The molecule has 1 atom stereocenters. The number of hydrogen-bond donors (Lipinski definition) is 0. The fourth-order valence-electron chi connectivity index (χ4n) is 3.88. The molecule has 0 saturated heterocycles. The smallest absolute Gasteiger partial charge is 0.232 e. The van der Waals surface area contributed by atoms with Gasteiger partial charge in [-0.05, 0) is 60.0 Å².